The first-order valence-corrected chi connectivity index (χ1v) is 8.35. The van der Waals surface area contributed by atoms with Crippen LogP contribution in [0.25, 0.3) is 27.5 Å². The van der Waals surface area contributed by atoms with Crippen LogP contribution < -0.4 is 11.0 Å². The van der Waals surface area contributed by atoms with E-state index in [1.807, 2.05) is 73.1 Å². The summed E-state index contributed by atoms with van der Waals surface area (Å²) in [6.07, 6.45) is 0.696. The maximum atomic E-state index is 13.3. The molecule has 0 aliphatic rings. The summed E-state index contributed by atoms with van der Waals surface area (Å²) in [5, 5.41) is 0.806. The lowest BCUT2D eigenvalue weighted by Crippen LogP contribution is -2.27. The average molecular weight is 330 g/mol. The number of aromatic nitrogens is 2. The Kier molecular flexibility index (Phi) is 3.53. The smallest absolute Gasteiger partial charge is 0.268 e. The topological polar surface area (TPSA) is 44.0 Å². The minimum absolute atomic E-state index is 0.207. The van der Waals surface area contributed by atoms with Gasteiger partial charge in [0.25, 0.3) is 5.56 Å². The van der Waals surface area contributed by atoms with E-state index in [9.17, 15) is 9.59 Å². The molecule has 4 rings (SSSR count). The molecule has 0 saturated carbocycles. The van der Waals surface area contributed by atoms with Gasteiger partial charge in [0.1, 0.15) is 5.39 Å². The van der Waals surface area contributed by atoms with Gasteiger partial charge in [-0.1, -0.05) is 37.3 Å². The molecule has 4 aromatic rings. The first kappa shape index (κ1) is 15.4. The normalized spacial score (nSPS) is 11.3. The van der Waals surface area contributed by atoms with Crippen molar-refractivity contribution in [1.82, 2.24) is 9.13 Å². The number of pyridine rings is 2. The highest BCUT2D eigenvalue weighted by molar-refractivity contribution is 5.93. The van der Waals surface area contributed by atoms with Crippen LogP contribution in [-0.4, -0.2) is 9.13 Å². The van der Waals surface area contributed by atoms with Crippen molar-refractivity contribution < 1.29 is 0 Å². The minimum atomic E-state index is -0.257. The van der Waals surface area contributed by atoms with Crippen LogP contribution in [0.5, 0.6) is 0 Å². The second kappa shape index (κ2) is 5.74. The molecule has 25 heavy (non-hydrogen) atoms. The van der Waals surface area contributed by atoms with Crippen LogP contribution in [0.3, 0.4) is 0 Å². The highest BCUT2D eigenvalue weighted by Gasteiger charge is 2.16. The Morgan fingerprint density at radius 2 is 1.56 bits per heavy atom. The second-order valence-corrected chi connectivity index (χ2v) is 6.13. The van der Waals surface area contributed by atoms with Crippen LogP contribution in [0.15, 0.2) is 70.3 Å². The molecule has 0 atom stereocenters. The molecule has 4 nitrogen and oxygen atoms in total. The zero-order chi connectivity index (χ0) is 17.6. The fourth-order valence-corrected chi connectivity index (χ4v) is 3.47. The SMILES string of the molecule is CCc1cc2c(c(=O)c3ccccc3n2C)c(=O)n1-c1ccccc1. The number of hydrogen-bond donors (Lipinski definition) is 0. The maximum Gasteiger partial charge on any atom is 0.268 e. The van der Waals surface area contributed by atoms with E-state index in [4.69, 9.17) is 0 Å². The zero-order valence-corrected chi connectivity index (χ0v) is 14.2. The molecular formula is C21H18N2O2. The average Bonchev–Trinajstić information content (AvgIpc) is 2.66. The predicted molar refractivity (Wildman–Crippen MR) is 102 cm³/mol. The van der Waals surface area contributed by atoms with Crippen molar-refractivity contribution in [2.24, 2.45) is 7.05 Å². The highest BCUT2D eigenvalue weighted by Crippen LogP contribution is 2.19. The number of para-hydroxylation sites is 2. The Hall–Kier alpha value is -3.14. The Bertz CT molecular complexity index is 1220. The molecule has 0 aliphatic heterocycles. The summed E-state index contributed by atoms with van der Waals surface area (Å²) in [4.78, 5) is 26.3. The van der Waals surface area contributed by atoms with Crippen molar-refractivity contribution in [1.29, 1.82) is 0 Å². The van der Waals surface area contributed by atoms with E-state index >= 15 is 0 Å². The lowest BCUT2D eigenvalue weighted by molar-refractivity contribution is 0.879. The van der Waals surface area contributed by atoms with E-state index in [0.29, 0.717) is 17.3 Å². The van der Waals surface area contributed by atoms with Crippen molar-refractivity contribution >= 4 is 21.8 Å². The van der Waals surface area contributed by atoms with Gasteiger partial charge < -0.3 is 4.57 Å². The molecule has 0 N–H and O–H groups in total. The maximum absolute atomic E-state index is 13.3. The number of aryl methyl sites for hydroxylation is 2. The molecule has 0 spiro atoms. The second-order valence-electron chi connectivity index (χ2n) is 6.13. The molecule has 0 saturated heterocycles. The van der Waals surface area contributed by atoms with Crippen LogP contribution in [-0.2, 0) is 13.5 Å². The zero-order valence-electron chi connectivity index (χ0n) is 14.2. The Morgan fingerprint density at radius 3 is 2.28 bits per heavy atom. The number of benzene rings is 2. The van der Waals surface area contributed by atoms with Crippen LogP contribution >= 0.6 is 0 Å². The van der Waals surface area contributed by atoms with Crippen molar-refractivity contribution in [2.45, 2.75) is 13.3 Å². The van der Waals surface area contributed by atoms with Gasteiger partial charge in [-0.15, -0.1) is 0 Å². The summed E-state index contributed by atoms with van der Waals surface area (Å²) in [7, 11) is 1.90. The number of nitrogens with zero attached hydrogens (tertiary/aromatic N) is 2. The van der Waals surface area contributed by atoms with Crippen LogP contribution in [0.2, 0.25) is 0 Å². The summed E-state index contributed by atoms with van der Waals surface area (Å²) >= 11 is 0. The highest BCUT2D eigenvalue weighted by atomic mass is 16.1. The summed E-state index contributed by atoms with van der Waals surface area (Å²) in [5.41, 5.74) is 2.71. The van der Waals surface area contributed by atoms with Gasteiger partial charge in [-0.3, -0.25) is 14.2 Å². The number of rotatable bonds is 2. The lowest BCUT2D eigenvalue weighted by atomic mass is 10.1. The van der Waals surface area contributed by atoms with Gasteiger partial charge in [-0.2, -0.15) is 0 Å². The van der Waals surface area contributed by atoms with Gasteiger partial charge in [0, 0.05) is 23.8 Å². The largest absolute Gasteiger partial charge is 0.343 e. The number of fused-ring (bicyclic) bond motifs is 2. The minimum Gasteiger partial charge on any atom is -0.343 e. The molecule has 2 aromatic heterocycles. The lowest BCUT2D eigenvalue weighted by Gasteiger charge is -2.16. The van der Waals surface area contributed by atoms with Gasteiger partial charge in [-0.05, 0) is 36.8 Å². The molecule has 124 valence electrons. The molecule has 0 unspecified atom stereocenters. The standard InChI is InChI=1S/C21H18N2O2/c1-3-14-13-18-19(21(25)23(14)15-9-5-4-6-10-15)20(24)16-11-7-8-12-17(16)22(18)2/h4-13H,3H2,1-2H3. The van der Waals surface area contributed by atoms with Crippen molar-refractivity contribution in [2.75, 3.05) is 0 Å². The Labute approximate surface area is 144 Å². The molecular weight excluding hydrogens is 312 g/mol. The predicted octanol–water partition coefficient (Wildman–Crippen LogP) is 3.41. The fourth-order valence-electron chi connectivity index (χ4n) is 3.47. The van der Waals surface area contributed by atoms with Crippen LogP contribution in [0, 0.1) is 0 Å². The molecule has 0 amide bonds. The van der Waals surface area contributed by atoms with Crippen molar-refractivity contribution in [3.8, 4) is 5.69 Å². The molecule has 0 radical (unpaired) electrons. The molecule has 4 heteroatoms. The summed E-state index contributed by atoms with van der Waals surface area (Å²) in [6, 6.07) is 18.8. The van der Waals surface area contributed by atoms with E-state index in [1.165, 1.54) is 0 Å². The van der Waals surface area contributed by atoms with Gasteiger partial charge in [0.2, 0.25) is 5.43 Å². The van der Waals surface area contributed by atoms with E-state index in [1.54, 1.807) is 10.6 Å². The summed E-state index contributed by atoms with van der Waals surface area (Å²) in [6.45, 7) is 2.01. The first-order valence-electron chi connectivity index (χ1n) is 8.35. The van der Waals surface area contributed by atoms with E-state index in [-0.39, 0.29) is 16.4 Å². The monoisotopic (exact) mass is 330 g/mol. The van der Waals surface area contributed by atoms with E-state index in [0.717, 1.165) is 16.9 Å². The first-order chi connectivity index (χ1) is 12.1. The molecule has 0 fully saturated rings. The number of hydrogen-bond acceptors (Lipinski definition) is 2. The van der Waals surface area contributed by atoms with Crippen LogP contribution in [0.1, 0.15) is 12.6 Å². The van der Waals surface area contributed by atoms with E-state index < -0.39 is 0 Å². The molecule has 2 aromatic carbocycles. The molecule has 0 aliphatic carbocycles. The van der Waals surface area contributed by atoms with Gasteiger partial charge in [0.05, 0.1) is 11.0 Å². The van der Waals surface area contributed by atoms with E-state index in [2.05, 4.69) is 0 Å². The van der Waals surface area contributed by atoms with Crippen molar-refractivity contribution in [3.05, 3.63) is 86.9 Å². The Balaban J connectivity index is 2.26. The Morgan fingerprint density at radius 1 is 0.880 bits per heavy atom. The quantitative estimate of drug-likeness (QED) is 0.529. The fraction of sp³-hybridized carbons (Fsp3) is 0.143. The van der Waals surface area contributed by atoms with Gasteiger partial charge in [-0.25, -0.2) is 0 Å². The molecule has 0 bridgehead atoms. The van der Waals surface area contributed by atoms with Gasteiger partial charge in [0.15, 0.2) is 0 Å². The summed E-state index contributed by atoms with van der Waals surface area (Å²) in [5.74, 6) is 0. The van der Waals surface area contributed by atoms with Crippen LogP contribution in [0.4, 0.5) is 0 Å². The van der Waals surface area contributed by atoms with Gasteiger partial charge >= 0.3 is 0 Å². The van der Waals surface area contributed by atoms with Crippen molar-refractivity contribution in [3.63, 3.8) is 0 Å². The summed E-state index contributed by atoms with van der Waals surface area (Å²) < 4.78 is 3.58. The molecule has 2 heterocycles. The third kappa shape index (κ3) is 2.22. The third-order valence-electron chi connectivity index (χ3n) is 4.74. The third-order valence-corrected chi connectivity index (χ3v) is 4.74.